The van der Waals surface area contributed by atoms with Gasteiger partial charge >= 0.3 is 0 Å². The predicted octanol–water partition coefficient (Wildman–Crippen LogP) is 2.02. The van der Waals surface area contributed by atoms with Crippen LogP contribution in [0.2, 0.25) is 0 Å². The first-order chi connectivity index (χ1) is 6.27. The predicted molar refractivity (Wildman–Crippen MR) is 58.1 cm³/mol. The van der Waals surface area contributed by atoms with Gasteiger partial charge < -0.3 is 10.5 Å². The number of nitrogen functional groups attached to an aromatic ring is 1. The molecule has 0 atom stereocenters. The molecule has 0 saturated carbocycles. The topological polar surface area (TPSA) is 35.2 Å². The van der Waals surface area contributed by atoms with Crippen molar-refractivity contribution in [1.29, 1.82) is 0 Å². The third-order valence-corrected chi connectivity index (χ3v) is 1.81. The fraction of sp³-hybridized carbons (Fsp3) is 0.200. The average Bonchev–Trinajstić information content (AvgIpc) is 2.16. The number of nitrogens with two attached hydrogens (primary N) is 1. The van der Waals surface area contributed by atoms with E-state index in [9.17, 15) is 0 Å². The van der Waals surface area contributed by atoms with Crippen LogP contribution in [0.15, 0.2) is 18.2 Å². The maximum atomic E-state index is 5.65. The molecule has 0 aliphatic carbocycles. The molecule has 0 fully saturated rings. The Morgan fingerprint density at radius 2 is 2.31 bits per heavy atom. The minimum atomic E-state index is 0.631. The van der Waals surface area contributed by atoms with E-state index in [1.807, 2.05) is 12.1 Å². The van der Waals surface area contributed by atoms with Crippen molar-refractivity contribution < 1.29 is 4.74 Å². The summed E-state index contributed by atoms with van der Waals surface area (Å²) in [4.78, 5) is 0. The van der Waals surface area contributed by atoms with Gasteiger partial charge in [-0.05, 0) is 18.2 Å². The van der Waals surface area contributed by atoms with Crippen LogP contribution >= 0.6 is 15.9 Å². The molecule has 0 aliphatic rings. The van der Waals surface area contributed by atoms with Gasteiger partial charge in [0.15, 0.2) is 0 Å². The van der Waals surface area contributed by atoms with E-state index in [4.69, 9.17) is 10.5 Å². The molecule has 0 bridgehead atoms. The lowest BCUT2D eigenvalue weighted by Gasteiger charge is -2.03. The molecule has 0 unspecified atom stereocenters. The first-order valence-electron chi connectivity index (χ1n) is 3.76. The Bertz CT molecular complexity index is 352. The maximum Gasteiger partial charge on any atom is 0.142 e. The molecule has 0 amide bonds. The van der Waals surface area contributed by atoms with E-state index in [0.717, 1.165) is 5.56 Å². The normalized spacial score (nSPS) is 8.77. The van der Waals surface area contributed by atoms with Crippen LogP contribution in [0.3, 0.4) is 0 Å². The molecular formula is C10H10BrNO. The highest BCUT2D eigenvalue weighted by Crippen LogP contribution is 2.21. The molecule has 2 N–H and O–H groups in total. The van der Waals surface area contributed by atoms with Crippen molar-refractivity contribution in [3.05, 3.63) is 23.8 Å². The lowest BCUT2D eigenvalue weighted by atomic mass is 10.2. The lowest BCUT2D eigenvalue weighted by molar-refractivity contribution is 0.417. The van der Waals surface area contributed by atoms with Crippen LogP contribution in [0.4, 0.5) is 5.69 Å². The number of hydrogen-bond acceptors (Lipinski definition) is 2. The molecule has 0 spiro atoms. The van der Waals surface area contributed by atoms with E-state index in [1.54, 1.807) is 13.2 Å². The van der Waals surface area contributed by atoms with Crippen LogP contribution in [-0.2, 0) is 0 Å². The van der Waals surface area contributed by atoms with Gasteiger partial charge in [-0.15, -0.1) is 0 Å². The van der Waals surface area contributed by atoms with Crippen molar-refractivity contribution in [2.24, 2.45) is 0 Å². The summed E-state index contributed by atoms with van der Waals surface area (Å²) in [6.07, 6.45) is 0. The van der Waals surface area contributed by atoms with Gasteiger partial charge in [0.1, 0.15) is 5.75 Å². The second-order valence-electron chi connectivity index (χ2n) is 2.39. The first kappa shape index (κ1) is 9.94. The first-order valence-corrected chi connectivity index (χ1v) is 4.88. The van der Waals surface area contributed by atoms with E-state index in [2.05, 4.69) is 27.8 Å². The van der Waals surface area contributed by atoms with Crippen molar-refractivity contribution in [1.82, 2.24) is 0 Å². The van der Waals surface area contributed by atoms with Gasteiger partial charge in [-0.3, -0.25) is 0 Å². The van der Waals surface area contributed by atoms with Crippen molar-refractivity contribution in [3.8, 4) is 17.6 Å². The molecule has 1 aromatic rings. The highest BCUT2D eigenvalue weighted by molar-refractivity contribution is 9.09. The average molecular weight is 240 g/mol. The van der Waals surface area contributed by atoms with Crippen LogP contribution in [0, 0.1) is 11.8 Å². The van der Waals surface area contributed by atoms with Gasteiger partial charge in [-0.25, -0.2) is 0 Å². The van der Waals surface area contributed by atoms with Crippen LogP contribution in [0.25, 0.3) is 0 Å². The van der Waals surface area contributed by atoms with Crippen LogP contribution in [0.1, 0.15) is 5.56 Å². The molecule has 2 nitrogen and oxygen atoms in total. The largest absolute Gasteiger partial charge is 0.495 e. The summed E-state index contributed by atoms with van der Waals surface area (Å²) in [5.74, 6) is 6.54. The van der Waals surface area contributed by atoms with Crippen molar-refractivity contribution in [2.75, 3.05) is 18.2 Å². The number of methoxy groups -OCH3 is 1. The van der Waals surface area contributed by atoms with Crippen LogP contribution in [0.5, 0.6) is 5.75 Å². The van der Waals surface area contributed by atoms with E-state index >= 15 is 0 Å². The molecule has 1 aromatic carbocycles. The summed E-state index contributed by atoms with van der Waals surface area (Å²) in [5, 5.41) is 0.666. The molecule has 0 aliphatic heterocycles. The monoisotopic (exact) mass is 239 g/mol. The van der Waals surface area contributed by atoms with Gasteiger partial charge in [0, 0.05) is 5.56 Å². The van der Waals surface area contributed by atoms with Crippen molar-refractivity contribution >= 4 is 21.6 Å². The van der Waals surface area contributed by atoms with E-state index < -0.39 is 0 Å². The number of ether oxygens (including phenoxy) is 1. The van der Waals surface area contributed by atoms with Gasteiger partial charge in [-0.2, -0.15) is 0 Å². The molecular weight excluding hydrogens is 230 g/mol. The van der Waals surface area contributed by atoms with Crippen LogP contribution < -0.4 is 10.5 Å². The van der Waals surface area contributed by atoms with E-state index in [0.29, 0.717) is 16.8 Å². The number of halogens is 1. The number of rotatable bonds is 1. The molecule has 1 rings (SSSR count). The fourth-order valence-electron chi connectivity index (χ4n) is 0.924. The highest BCUT2D eigenvalue weighted by Gasteiger charge is 1.97. The zero-order valence-corrected chi connectivity index (χ0v) is 8.89. The Hall–Kier alpha value is -1.14. The molecule has 13 heavy (non-hydrogen) atoms. The van der Waals surface area contributed by atoms with E-state index in [-0.39, 0.29) is 0 Å². The van der Waals surface area contributed by atoms with Crippen molar-refractivity contribution in [3.63, 3.8) is 0 Å². The Morgan fingerprint density at radius 3 is 2.92 bits per heavy atom. The Balaban J connectivity index is 2.99. The zero-order chi connectivity index (χ0) is 9.68. The minimum Gasteiger partial charge on any atom is -0.495 e. The summed E-state index contributed by atoms with van der Waals surface area (Å²) in [6.45, 7) is 0. The zero-order valence-electron chi connectivity index (χ0n) is 7.30. The SMILES string of the molecule is COc1cc(C#CCBr)ccc1N. The second-order valence-corrected chi connectivity index (χ2v) is 2.95. The standard InChI is InChI=1S/C10H10BrNO/c1-13-10-7-8(3-2-6-11)4-5-9(10)12/h4-5,7H,6,12H2,1H3. The number of benzene rings is 1. The molecule has 0 aromatic heterocycles. The number of alkyl halides is 1. The molecule has 0 radical (unpaired) electrons. The Morgan fingerprint density at radius 1 is 1.54 bits per heavy atom. The quantitative estimate of drug-likeness (QED) is 0.463. The van der Waals surface area contributed by atoms with Crippen LogP contribution in [-0.4, -0.2) is 12.4 Å². The van der Waals surface area contributed by atoms with Gasteiger partial charge in [0.05, 0.1) is 18.1 Å². The second kappa shape index (κ2) is 4.78. The maximum absolute atomic E-state index is 5.65. The molecule has 68 valence electrons. The third-order valence-electron chi connectivity index (χ3n) is 1.53. The fourth-order valence-corrected chi connectivity index (χ4v) is 1.06. The molecule has 3 heteroatoms. The summed E-state index contributed by atoms with van der Waals surface area (Å²) < 4.78 is 5.06. The summed E-state index contributed by atoms with van der Waals surface area (Å²) in [5.41, 5.74) is 7.19. The van der Waals surface area contributed by atoms with Gasteiger partial charge in [0.2, 0.25) is 0 Å². The summed E-state index contributed by atoms with van der Waals surface area (Å²) in [6, 6.07) is 5.48. The number of anilines is 1. The van der Waals surface area contributed by atoms with E-state index in [1.165, 1.54) is 0 Å². The van der Waals surface area contributed by atoms with Crippen molar-refractivity contribution in [2.45, 2.75) is 0 Å². The number of hydrogen-bond donors (Lipinski definition) is 1. The third kappa shape index (κ3) is 2.67. The van der Waals surface area contributed by atoms with Gasteiger partial charge in [-0.1, -0.05) is 27.8 Å². The molecule has 0 heterocycles. The minimum absolute atomic E-state index is 0.631. The summed E-state index contributed by atoms with van der Waals surface area (Å²) >= 11 is 3.23. The lowest BCUT2D eigenvalue weighted by Crippen LogP contribution is -1.92. The van der Waals surface area contributed by atoms with Gasteiger partial charge in [0.25, 0.3) is 0 Å². The summed E-state index contributed by atoms with van der Waals surface area (Å²) in [7, 11) is 1.59. The highest BCUT2D eigenvalue weighted by atomic mass is 79.9. The smallest absolute Gasteiger partial charge is 0.142 e. The molecule has 0 saturated heterocycles. The Labute approximate surface area is 86.2 Å². The Kier molecular flexibility index (Phi) is 3.66.